The van der Waals surface area contributed by atoms with Gasteiger partial charge < -0.3 is 20.9 Å². The number of alkyl halides is 2. The highest BCUT2D eigenvalue weighted by Crippen LogP contribution is 2.22. The third-order valence-electron chi connectivity index (χ3n) is 2.42. The van der Waals surface area contributed by atoms with Crippen molar-refractivity contribution in [3.8, 4) is 5.75 Å². The number of hydrogen-bond acceptors (Lipinski definition) is 4. The Kier molecular flexibility index (Phi) is 5.97. The largest absolute Gasteiger partial charge is 0.481 e. The highest BCUT2D eigenvalue weighted by molar-refractivity contribution is 5.94. The van der Waals surface area contributed by atoms with Crippen LogP contribution in [0.25, 0.3) is 0 Å². The van der Waals surface area contributed by atoms with E-state index in [1.165, 1.54) is 0 Å². The molecule has 0 aliphatic rings. The van der Waals surface area contributed by atoms with Crippen LogP contribution < -0.4 is 15.8 Å². The lowest BCUT2D eigenvalue weighted by molar-refractivity contribution is -0.137. The van der Waals surface area contributed by atoms with E-state index < -0.39 is 36.1 Å². The number of nitrogens with one attached hydrogen (secondary N) is 1. The van der Waals surface area contributed by atoms with Crippen molar-refractivity contribution < 1.29 is 32.6 Å². The average molecular weight is 306 g/mol. The molecule has 0 heterocycles. The number of benzene rings is 1. The second-order valence-electron chi connectivity index (χ2n) is 4.05. The summed E-state index contributed by atoms with van der Waals surface area (Å²) in [5.74, 6) is -3.54. The van der Waals surface area contributed by atoms with E-state index in [9.17, 15) is 22.8 Å². The van der Waals surface area contributed by atoms with E-state index in [4.69, 9.17) is 10.8 Å². The standard InChI is InChI=1S/C12H13F3N2O4/c13-7-5-6(1-3-9(7)21-12(14)15)17-11(20)8(16)2-4-10(18)19/h1,3,5,8,12H,2,4,16H2,(H,17,20)(H,18,19). The van der Waals surface area contributed by atoms with Crippen LogP contribution in [0.3, 0.4) is 0 Å². The van der Waals surface area contributed by atoms with Gasteiger partial charge in [-0.2, -0.15) is 8.78 Å². The number of ether oxygens (including phenoxy) is 1. The summed E-state index contributed by atoms with van der Waals surface area (Å²) >= 11 is 0. The lowest BCUT2D eigenvalue weighted by atomic mass is 10.1. The van der Waals surface area contributed by atoms with Crippen molar-refractivity contribution in [1.29, 1.82) is 0 Å². The Morgan fingerprint density at radius 1 is 1.38 bits per heavy atom. The number of hydrogen-bond donors (Lipinski definition) is 3. The minimum absolute atomic E-state index is 0.00936. The molecule has 0 fully saturated rings. The highest BCUT2D eigenvalue weighted by Gasteiger charge is 2.16. The van der Waals surface area contributed by atoms with Gasteiger partial charge in [-0.25, -0.2) is 4.39 Å². The fourth-order valence-electron chi connectivity index (χ4n) is 1.42. The number of anilines is 1. The van der Waals surface area contributed by atoms with E-state index in [0.717, 1.165) is 18.2 Å². The summed E-state index contributed by atoms with van der Waals surface area (Å²) < 4.78 is 41.2. The molecule has 0 aromatic heterocycles. The zero-order chi connectivity index (χ0) is 16.0. The lowest BCUT2D eigenvalue weighted by Crippen LogP contribution is -2.36. The van der Waals surface area contributed by atoms with Gasteiger partial charge in [0.1, 0.15) is 0 Å². The van der Waals surface area contributed by atoms with Crippen molar-refractivity contribution >= 4 is 17.6 Å². The molecule has 0 bridgehead atoms. The Morgan fingerprint density at radius 3 is 2.57 bits per heavy atom. The van der Waals surface area contributed by atoms with E-state index in [1.807, 2.05) is 0 Å². The smallest absolute Gasteiger partial charge is 0.387 e. The SMILES string of the molecule is NC(CCC(=O)O)C(=O)Nc1ccc(OC(F)F)c(F)c1. The summed E-state index contributed by atoms with van der Waals surface area (Å²) in [6.07, 6.45) is -0.375. The van der Waals surface area contributed by atoms with Gasteiger partial charge in [-0.05, 0) is 18.6 Å². The maximum atomic E-state index is 13.4. The third-order valence-corrected chi connectivity index (χ3v) is 2.42. The third kappa shape index (κ3) is 5.69. The van der Waals surface area contributed by atoms with Gasteiger partial charge in [-0.3, -0.25) is 9.59 Å². The summed E-state index contributed by atoms with van der Waals surface area (Å²) in [4.78, 5) is 21.9. The fraction of sp³-hybridized carbons (Fsp3) is 0.333. The van der Waals surface area contributed by atoms with Crippen LogP contribution >= 0.6 is 0 Å². The highest BCUT2D eigenvalue weighted by atomic mass is 19.3. The second-order valence-corrected chi connectivity index (χ2v) is 4.05. The van der Waals surface area contributed by atoms with Crippen molar-refractivity contribution in [2.75, 3.05) is 5.32 Å². The molecule has 0 saturated carbocycles. The Labute approximate surface area is 117 Å². The molecule has 0 spiro atoms. The van der Waals surface area contributed by atoms with E-state index in [-0.39, 0.29) is 18.5 Å². The Hall–Kier alpha value is -2.29. The quantitative estimate of drug-likeness (QED) is 0.709. The second kappa shape index (κ2) is 7.48. The first-order valence-corrected chi connectivity index (χ1v) is 5.82. The Balaban J connectivity index is 2.64. The first kappa shape index (κ1) is 16.8. The van der Waals surface area contributed by atoms with Crippen molar-refractivity contribution in [3.05, 3.63) is 24.0 Å². The van der Waals surface area contributed by atoms with Gasteiger partial charge in [0, 0.05) is 18.2 Å². The van der Waals surface area contributed by atoms with Gasteiger partial charge in [-0.15, -0.1) is 0 Å². The number of carboxylic acid groups (broad SMARTS) is 1. The molecular weight excluding hydrogens is 293 g/mol. The van der Waals surface area contributed by atoms with Crippen LogP contribution in [-0.2, 0) is 9.59 Å². The molecule has 1 amide bonds. The van der Waals surface area contributed by atoms with Gasteiger partial charge in [0.15, 0.2) is 11.6 Å². The van der Waals surface area contributed by atoms with Gasteiger partial charge >= 0.3 is 12.6 Å². The molecule has 0 radical (unpaired) electrons. The van der Waals surface area contributed by atoms with E-state index in [1.54, 1.807) is 0 Å². The summed E-state index contributed by atoms with van der Waals surface area (Å²) in [6.45, 7) is -3.16. The predicted molar refractivity (Wildman–Crippen MR) is 66.5 cm³/mol. The molecule has 1 aromatic rings. The van der Waals surface area contributed by atoms with Crippen LogP contribution in [-0.4, -0.2) is 29.6 Å². The molecule has 1 unspecified atom stereocenters. The first-order valence-electron chi connectivity index (χ1n) is 5.82. The number of amides is 1. The van der Waals surface area contributed by atoms with Crippen LogP contribution in [0.2, 0.25) is 0 Å². The van der Waals surface area contributed by atoms with E-state index in [0.29, 0.717) is 0 Å². The fourth-order valence-corrected chi connectivity index (χ4v) is 1.42. The molecular formula is C12H13F3N2O4. The summed E-state index contributed by atoms with van der Waals surface area (Å²) in [6, 6.07) is 1.79. The van der Waals surface area contributed by atoms with Gasteiger partial charge in [0.2, 0.25) is 5.91 Å². The molecule has 116 valence electrons. The number of carboxylic acids is 1. The van der Waals surface area contributed by atoms with Crippen LogP contribution in [0, 0.1) is 5.82 Å². The molecule has 6 nitrogen and oxygen atoms in total. The first-order chi connectivity index (χ1) is 9.79. The van der Waals surface area contributed by atoms with Crippen LogP contribution in [0.1, 0.15) is 12.8 Å². The van der Waals surface area contributed by atoms with Gasteiger partial charge in [0.25, 0.3) is 0 Å². The number of carbonyl (C=O) groups is 2. The number of aliphatic carboxylic acids is 1. The molecule has 1 rings (SSSR count). The topological polar surface area (TPSA) is 102 Å². The summed E-state index contributed by atoms with van der Waals surface area (Å²) in [5.41, 5.74) is 5.44. The molecule has 0 saturated heterocycles. The van der Waals surface area contributed by atoms with Crippen LogP contribution in [0.5, 0.6) is 5.75 Å². The molecule has 1 aromatic carbocycles. The number of carbonyl (C=O) groups excluding carboxylic acids is 1. The molecule has 1 atom stereocenters. The molecule has 0 aliphatic carbocycles. The molecule has 0 aliphatic heterocycles. The molecule has 9 heteroatoms. The van der Waals surface area contributed by atoms with E-state index in [2.05, 4.69) is 10.1 Å². The minimum Gasteiger partial charge on any atom is -0.481 e. The average Bonchev–Trinajstić information content (AvgIpc) is 2.38. The minimum atomic E-state index is -3.16. The lowest BCUT2D eigenvalue weighted by Gasteiger charge is -2.12. The predicted octanol–water partition coefficient (Wildman–Crippen LogP) is 1.56. The zero-order valence-electron chi connectivity index (χ0n) is 10.7. The monoisotopic (exact) mass is 306 g/mol. The summed E-state index contributed by atoms with van der Waals surface area (Å²) in [7, 11) is 0. The van der Waals surface area contributed by atoms with Crippen molar-refractivity contribution in [3.63, 3.8) is 0 Å². The molecule has 21 heavy (non-hydrogen) atoms. The Bertz CT molecular complexity index is 525. The maximum Gasteiger partial charge on any atom is 0.387 e. The number of rotatable bonds is 7. The van der Waals surface area contributed by atoms with Crippen molar-refractivity contribution in [2.45, 2.75) is 25.5 Å². The van der Waals surface area contributed by atoms with Crippen molar-refractivity contribution in [1.82, 2.24) is 0 Å². The Morgan fingerprint density at radius 2 is 2.05 bits per heavy atom. The van der Waals surface area contributed by atoms with E-state index >= 15 is 0 Å². The van der Waals surface area contributed by atoms with Gasteiger partial charge in [0.05, 0.1) is 6.04 Å². The number of nitrogens with two attached hydrogens (primary N) is 1. The van der Waals surface area contributed by atoms with Crippen molar-refractivity contribution in [2.24, 2.45) is 5.73 Å². The van der Waals surface area contributed by atoms with Crippen LogP contribution in [0.15, 0.2) is 18.2 Å². The zero-order valence-corrected chi connectivity index (χ0v) is 10.7. The van der Waals surface area contributed by atoms with Gasteiger partial charge in [-0.1, -0.05) is 0 Å². The van der Waals surface area contributed by atoms with Crippen LogP contribution in [0.4, 0.5) is 18.9 Å². The molecule has 4 N–H and O–H groups in total. The number of halogens is 3. The summed E-state index contributed by atoms with van der Waals surface area (Å²) in [5, 5.41) is 10.7. The normalized spacial score (nSPS) is 12.0. The maximum absolute atomic E-state index is 13.4.